The highest BCUT2D eigenvalue weighted by molar-refractivity contribution is 5.68. The summed E-state index contributed by atoms with van der Waals surface area (Å²) in [5.41, 5.74) is 3.13. The third kappa shape index (κ3) is 2.61. The molecule has 0 saturated heterocycles. The van der Waals surface area contributed by atoms with Gasteiger partial charge in [0.2, 0.25) is 12.3 Å². The van der Waals surface area contributed by atoms with Gasteiger partial charge in [0.25, 0.3) is 0 Å². The predicted molar refractivity (Wildman–Crippen MR) is 95.0 cm³/mol. The molecular weight excluding hydrogens is 334 g/mol. The van der Waals surface area contributed by atoms with E-state index < -0.39 is 0 Å². The van der Waals surface area contributed by atoms with Gasteiger partial charge in [-0.15, -0.1) is 10.2 Å². The normalized spacial score (nSPS) is 18.1. The van der Waals surface area contributed by atoms with Crippen molar-refractivity contribution >= 4 is 5.69 Å². The van der Waals surface area contributed by atoms with Gasteiger partial charge in [-0.3, -0.25) is 0 Å². The van der Waals surface area contributed by atoms with Crippen molar-refractivity contribution < 1.29 is 18.6 Å². The van der Waals surface area contributed by atoms with E-state index in [0.717, 1.165) is 22.6 Å². The van der Waals surface area contributed by atoms with E-state index in [1.165, 1.54) is 6.39 Å². The zero-order valence-corrected chi connectivity index (χ0v) is 14.7. The third-order valence-electron chi connectivity index (χ3n) is 4.65. The molecule has 0 fully saturated rings. The molecule has 0 aliphatic carbocycles. The summed E-state index contributed by atoms with van der Waals surface area (Å²) in [6.45, 7) is 0. The third-order valence-corrected chi connectivity index (χ3v) is 4.65. The number of hydrogen-bond acceptors (Lipinski definition) is 7. The number of anilines is 1. The molecule has 3 aromatic rings. The number of benzene rings is 2. The van der Waals surface area contributed by atoms with Gasteiger partial charge in [0.15, 0.2) is 11.5 Å². The first-order chi connectivity index (χ1) is 12.7. The minimum atomic E-state index is -0.183. The summed E-state index contributed by atoms with van der Waals surface area (Å²) >= 11 is 0. The lowest BCUT2D eigenvalue weighted by Crippen LogP contribution is -2.13. The summed E-state index contributed by atoms with van der Waals surface area (Å²) < 4.78 is 21.7. The van der Waals surface area contributed by atoms with Crippen LogP contribution < -0.4 is 19.5 Å². The van der Waals surface area contributed by atoms with Crippen LogP contribution in [0.5, 0.6) is 17.2 Å². The largest absolute Gasteiger partial charge is 0.497 e. The molecule has 7 nitrogen and oxygen atoms in total. The van der Waals surface area contributed by atoms with Gasteiger partial charge in [-0.25, -0.2) is 0 Å². The van der Waals surface area contributed by atoms with E-state index in [1.807, 2.05) is 36.4 Å². The molecular formula is C19H19N3O4. The second kappa shape index (κ2) is 6.59. The molecule has 4 rings (SSSR count). The van der Waals surface area contributed by atoms with Crippen molar-refractivity contribution in [3.8, 4) is 17.2 Å². The molecule has 2 unspecified atom stereocenters. The quantitative estimate of drug-likeness (QED) is 0.753. The minimum Gasteiger partial charge on any atom is -0.497 e. The topological polar surface area (TPSA) is 78.6 Å². The Hall–Kier alpha value is -3.22. The van der Waals surface area contributed by atoms with Crippen molar-refractivity contribution in [2.45, 2.75) is 12.0 Å². The lowest BCUT2D eigenvalue weighted by molar-refractivity contribution is 0.355. The minimum absolute atomic E-state index is 0.0174. The Morgan fingerprint density at radius 2 is 1.69 bits per heavy atom. The summed E-state index contributed by atoms with van der Waals surface area (Å²) in [5, 5.41) is 11.4. The van der Waals surface area contributed by atoms with Gasteiger partial charge >= 0.3 is 0 Å². The molecule has 2 heterocycles. The number of methoxy groups -OCH3 is 3. The van der Waals surface area contributed by atoms with Gasteiger partial charge in [0.05, 0.1) is 21.3 Å². The molecule has 1 aromatic heterocycles. The molecule has 0 radical (unpaired) electrons. The number of hydrogen-bond donors (Lipinski definition) is 1. The number of nitrogens with zero attached hydrogens (tertiary/aromatic N) is 2. The summed E-state index contributed by atoms with van der Waals surface area (Å²) in [4.78, 5) is 0. The second-order valence-corrected chi connectivity index (χ2v) is 5.94. The standard InChI is InChI=1S/C19H19N3O4/c1-23-12-6-4-11(5-7-12)17-13-8-15(24-2)16(25-3)9-14(13)21-18(17)19-22-20-10-26-19/h4-10,17-18,21H,1-3H3. The molecule has 26 heavy (non-hydrogen) atoms. The Bertz CT molecular complexity index is 894. The molecule has 7 heteroatoms. The van der Waals surface area contributed by atoms with Gasteiger partial charge in [-0.05, 0) is 29.3 Å². The maximum absolute atomic E-state index is 5.49. The van der Waals surface area contributed by atoms with Crippen molar-refractivity contribution in [3.63, 3.8) is 0 Å². The first-order valence-electron chi connectivity index (χ1n) is 8.17. The fourth-order valence-electron chi connectivity index (χ4n) is 3.41. The predicted octanol–water partition coefficient (Wildman–Crippen LogP) is 3.39. The molecule has 1 aliphatic heterocycles. The van der Waals surface area contributed by atoms with Crippen molar-refractivity contribution in [2.24, 2.45) is 0 Å². The Balaban J connectivity index is 1.84. The first-order valence-corrected chi connectivity index (χ1v) is 8.17. The zero-order valence-electron chi connectivity index (χ0n) is 14.7. The van der Waals surface area contributed by atoms with Crippen LogP contribution in [0.1, 0.15) is 29.0 Å². The Labute approximate surface area is 150 Å². The Morgan fingerprint density at radius 1 is 0.962 bits per heavy atom. The number of nitrogens with one attached hydrogen (secondary N) is 1. The molecule has 2 aromatic carbocycles. The number of rotatable bonds is 5. The monoisotopic (exact) mass is 353 g/mol. The highest BCUT2D eigenvalue weighted by Crippen LogP contribution is 2.50. The van der Waals surface area contributed by atoms with Crippen LogP contribution in [-0.4, -0.2) is 31.5 Å². The maximum Gasteiger partial charge on any atom is 0.239 e. The van der Waals surface area contributed by atoms with Crippen LogP contribution in [0.15, 0.2) is 47.2 Å². The average molecular weight is 353 g/mol. The van der Waals surface area contributed by atoms with E-state index in [-0.39, 0.29) is 12.0 Å². The van der Waals surface area contributed by atoms with Crippen LogP contribution in [0.3, 0.4) is 0 Å². The van der Waals surface area contributed by atoms with Crippen molar-refractivity contribution in [3.05, 3.63) is 59.8 Å². The molecule has 0 spiro atoms. The SMILES string of the molecule is COc1ccc(C2c3cc(OC)c(OC)cc3NC2c2nnco2)cc1. The van der Waals surface area contributed by atoms with Crippen LogP contribution in [0.25, 0.3) is 0 Å². The Kier molecular flexibility index (Phi) is 4.12. The Morgan fingerprint density at radius 3 is 2.31 bits per heavy atom. The van der Waals surface area contributed by atoms with E-state index in [0.29, 0.717) is 17.4 Å². The van der Waals surface area contributed by atoms with Gasteiger partial charge in [-0.2, -0.15) is 0 Å². The van der Waals surface area contributed by atoms with E-state index in [4.69, 9.17) is 18.6 Å². The lowest BCUT2D eigenvalue weighted by Gasteiger charge is -2.18. The molecule has 134 valence electrons. The van der Waals surface area contributed by atoms with Crippen molar-refractivity contribution in [1.82, 2.24) is 10.2 Å². The van der Waals surface area contributed by atoms with Gasteiger partial charge in [0, 0.05) is 17.7 Å². The van der Waals surface area contributed by atoms with E-state index in [2.05, 4.69) is 15.5 Å². The van der Waals surface area contributed by atoms with Crippen LogP contribution in [0.4, 0.5) is 5.69 Å². The highest BCUT2D eigenvalue weighted by Gasteiger charge is 2.38. The summed E-state index contributed by atoms with van der Waals surface area (Å²) in [6, 6.07) is 11.7. The average Bonchev–Trinajstić information content (AvgIpc) is 3.34. The van der Waals surface area contributed by atoms with Crippen LogP contribution in [0, 0.1) is 0 Å². The second-order valence-electron chi connectivity index (χ2n) is 5.94. The first kappa shape index (κ1) is 16.3. The van der Waals surface area contributed by atoms with E-state index in [9.17, 15) is 0 Å². The zero-order chi connectivity index (χ0) is 18.1. The molecule has 0 bridgehead atoms. The van der Waals surface area contributed by atoms with Crippen LogP contribution >= 0.6 is 0 Å². The summed E-state index contributed by atoms with van der Waals surface area (Å²) in [7, 11) is 4.90. The maximum atomic E-state index is 5.49. The van der Waals surface area contributed by atoms with Gasteiger partial charge in [-0.1, -0.05) is 12.1 Å². The molecule has 0 saturated carbocycles. The van der Waals surface area contributed by atoms with E-state index >= 15 is 0 Å². The summed E-state index contributed by atoms with van der Waals surface area (Å²) in [6.07, 6.45) is 1.34. The number of ether oxygens (including phenoxy) is 3. The lowest BCUT2D eigenvalue weighted by atomic mass is 9.87. The smallest absolute Gasteiger partial charge is 0.239 e. The number of aromatic nitrogens is 2. The fraction of sp³-hybridized carbons (Fsp3) is 0.263. The number of fused-ring (bicyclic) bond motifs is 1. The molecule has 1 N–H and O–H groups in total. The molecule has 2 atom stereocenters. The highest BCUT2D eigenvalue weighted by atomic mass is 16.5. The van der Waals surface area contributed by atoms with Crippen LogP contribution in [0.2, 0.25) is 0 Å². The van der Waals surface area contributed by atoms with Gasteiger partial charge < -0.3 is 23.9 Å². The molecule has 0 amide bonds. The fourth-order valence-corrected chi connectivity index (χ4v) is 3.41. The van der Waals surface area contributed by atoms with Crippen molar-refractivity contribution in [2.75, 3.05) is 26.6 Å². The van der Waals surface area contributed by atoms with Gasteiger partial charge in [0.1, 0.15) is 11.8 Å². The van der Waals surface area contributed by atoms with Crippen molar-refractivity contribution in [1.29, 1.82) is 0 Å². The summed E-state index contributed by atoms with van der Waals surface area (Å²) in [5.74, 6) is 2.66. The van der Waals surface area contributed by atoms with Crippen LogP contribution in [-0.2, 0) is 0 Å². The van der Waals surface area contributed by atoms with E-state index in [1.54, 1.807) is 21.3 Å². The molecule has 1 aliphatic rings.